The van der Waals surface area contributed by atoms with Crippen LogP contribution in [0.3, 0.4) is 0 Å². The zero-order chi connectivity index (χ0) is 24.0. The first-order valence-electron chi connectivity index (χ1n) is 12.2. The van der Waals surface area contributed by atoms with E-state index in [0.29, 0.717) is 52.1 Å². The number of amides is 1. The maximum atomic E-state index is 13.1. The first kappa shape index (κ1) is 24.2. The van der Waals surface area contributed by atoms with E-state index in [1.807, 2.05) is 18.2 Å². The van der Waals surface area contributed by atoms with Crippen molar-refractivity contribution < 1.29 is 9.90 Å². The number of nitrogens with one attached hydrogen (secondary N) is 1. The summed E-state index contributed by atoms with van der Waals surface area (Å²) in [5.74, 6) is 1.86. The van der Waals surface area contributed by atoms with E-state index in [9.17, 15) is 9.90 Å². The molecule has 2 unspecified atom stereocenters. The Morgan fingerprint density at radius 1 is 1.33 bits per heavy atom. The Kier molecular flexibility index (Phi) is 6.64. The number of anilines is 1. The number of nitrogens with zero attached hydrogens (tertiary/aromatic N) is 2. The van der Waals surface area contributed by atoms with Gasteiger partial charge in [0.15, 0.2) is 0 Å². The fourth-order valence-electron chi connectivity index (χ4n) is 6.04. The van der Waals surface area contributed by atoms with Gasteiger partial charge in [0.25, 0.3) is 5.91 Å². The van der Waals surface area contributed by atoms with Crippen molar-refractivity contribution in [2.75, 3.05) is 18.0 Å². The van der Waals surface area contributed by atoms with Crippen LogP contribution in [0.15, 0.2) is 24.3 Å². The number of nitrogens with two attached hydrogens (primary N) is 1. The number of fused-ring (bicyclic) bond motifs is 1. The quantitative estimate of drug-likeness (QED) is 0.585. The van der Waals surface area contributed by atoms with Gasteiger partial charge >= 0.3 is 0 Å². The molecule has 4 rings (SSSR count). The third-order valence-electron chi connectivity index (χ3n) is 7.76. The molecule has 180 valence electrons. The van der Waals surface area contributed by atoms with Crippen molar-refractivity contribution in [3.63, 3.8) is 0 Å². The number of aromatic nitrogens is 1. The average Bonchev–Trinajstić information content (AvgIpc) is 3.06. The number of aliphatic hydroxyl groups is 1. The second kappa shape index (κ2) is 9.05. The summed E-state index contributed by atoms with van der Waals surface area (Å²) in [6, 6.07) is 7.40. The number of halogens is 1. The van der Waals surface area contributed by atoms with Gasteiger partial charge in [-0.1, -0.05) is 45.2 Å². The van der Waals surface area contributed by atoms with Gasteiger partial charge in [-0.2, -0.15) is 0 Å². The highest BCUT2D eigenvalue weighted by molar-refractivity contribution is 6.35. The van der Waals surface area contributed by atoms with Gasteiger partial charge in [-0.3, -0.25) is 4.79 Å². The van der Waals surface area contributed by atoms with Gasteiger partial charge in [-0.15, -0.1) is 0 Å². The molecule has 1 aromatic heterocycles. The fraction of sp³-hybridized carbons (Fsp3) is 0.615. The Balaban J connectivity index is 1.59. The number of rotatable bonds is 5. The van der Waals surface area contributed by atoms with E-state index in [4.69, 9.17) is 22.3 Å². The molecule has 1 saturated heterocycles. The van der Waals surface area contributed by atoms with Gasteiger partial charge in [0.2, 0.25) is 0 Å². The predicted molar refractivity (Wildman–Crippen MR) is 135 cm³/mol. The van der Waals surface area contributed by atoms with E-state index >= 15 is 0 Å². The van der Waals surface area contributed by atoms with Crippen LogP contribution in [0.1, 0.15) is 70.2 Å². The molecule has 0 spiro atoms. The van der Waals surface area contributed by atoms with Crippen molar-refractivity contribution in [3.05, 3.63) is 34.9 Å². The molecule has 4 atom stereocenters. The Morgan fingerprint density at radius 3 is 2.76 bits per heavy atom. The Hall–Kier alpha value is -1.89. The Labute approximate surface area is 201 Å². The van der Waals surface area contributed by atoms with E-state index in [1.54, 1.807) is 6.07 Å². The van der Waals surface area contributed by atoms with Crippen molar-refractivity contribution in [3.8, 4) is 0 Å². The van der Waals surface area contributed by atoms with Crippen LogP contribution in [0.2, 0.25) is 5.02 Å². The SMILES string of the molecule is CC(C)C1CCN(c2ccc3c(C(=O)NC[C@@]4(O)CCC[C@@H](C)C4)c(Cl)ccc3n2)C1(C)N. The fourth-order valence-corrected chi connectivity index (χ4v) is 6.30. The molecule has 7 heteroatoms. The lowest BCUT2D eigenvalue weighted by molar-refractivity contribution is -0.0109. The molecular weight excluding hydrogens is 436 g/mol. The zero-order valence-corrected chi connectivity index (χ0v) is 21.0. The molecule has 2 aliphatic rings. The zero-order valence-electron chi connectivity index (χ0n) is 20.2. The van der Waals surface area contributed by atoms with Gasteiger partial charge in [0.05, 0.1) is 27.4 Å². The highest BCUT2D eigenvalue weighted by Crippen LogP contribution is 2.39. The van der Waals surface area contributed by atoms with Crippen molar-refractivity contribution in [2.24, 2.45) is 23.5 Å². The monoisotopic (exact) mass is 472 g/mol. The van der Waals surface area contributed by atoms with Crippen LogP contribution < -0.4 is 16.0 Å². The Morgan fingerprint density at radius 2 is 2.09 bits per heavy atom. The molecule has 1 aliphatic carbocycles. The largest absolute Gasteiger partial charge is 0.388 e. The lowest BCUT2D eigenvalue weighted by Crippen LogP contribution is -2.55. The molecule has 1 amide bonds. The van der Waals surface area contributed by atoms with E-state index in [0.717, 1.165) is 31.6 Å². The summed E-state index contributed by atoms with van der Waals surface area (Å²) in [4.78, 5) is 20.2. The lowest BCUT2D eigenvalue weighted by atomic mass is 9.79. The Bertz CT molecular complexity index is 1040. The highest BCUT2D eigenvalue weighted by atomic mass is 35.5. The highest BCUT2D eigenvalue weighted by Gasteiger charge is 2.44. The number of benzene rings is 1. The van der Waals surface area contributed by atoms with Crippen LogP contribution in [0, 0.1) is 17.8 Å². The van der Waals surface area contributed by atoms with Crippen molar-refractivity contribution >= 4 is 34.2 Å². The molecule has 6 nitrogen and oxygen atoms in total. The predicted octanol–water partition coefficient (Wildman–Crippen LogP) is 4.72. The number of hydrogen-bond acceptors (Lipinski definition) is 5. The summed E-state index contributed by atoms with van der Waals surface area (Å²) in [6.07, 6.45) is 4.53. The standard InChI is InChI=1S/C26H37ClN4O2/c1-16(2)19-11-13-31(25(19,4)28)22-10-7-18-21(30-22)9-8-20(27)23(18)24(32)29-15-26(33)12-5-6-17(3)14-26/h7-10,16-17,19,33H,5-6,11-15,28H2,1-4H3,(H,29,32)/t17-,19?,25?,26-/m1/s1. The topological polar surface area (TPSA) is 91.5 Å². The van der Waals surface area contributed by atoms with E-state index < -0.39 is 11.3 Å². The molecule has 1 aliphatic heterocycles. The first-order chi connectivity index (χ1) is 15.5. The minimum atomic E-state index is -0.857. The minimum absolute atomic E-state index is 0.226. The molecule has 1 saturated carbocycles. The number of pyridine rings is 1. The summed E-state index contributed by atoms with van der Waals surface area (Å²) >= 11 is 6.46. The maximum Gasteiger partial charge on any atom is 0.253 e. The third kappa shape index (κ3) is 4.71. The van der Waals surface area contributed by atoms with Crippen LogP contribution in [-0.4, -0.2) is 40.4 Å². The normalized spacial score (nSPS) is 30.2. The molecule has 33 heavy (non-hydrogen) atoms. The van der Waals surface area contributed by atoms with Crippen molar-refractivity contribution in [1.82, 2.24) is 10.3 Å². The smallest absolute Gasteiger partial charge is 0.253 e. The number of carbonyl (C=O) groups is 1. The van der Waals surface area contributed by atoms with E-state index in [1.165, 1.54) is 0 Å². The van der Waals surface area contributed by atoms with Crippen LogP contribution in [-0.2, 0) is 0 Å². The van der Waals surface area contributed by atoms with Crippen LogP contribution in [0.5, 0.6) is 0 Å². The lowest BCUT2D eigenvalue weighted by Gasteiger charge is -2.38. The molecule has 2 heterocycles. The minimum Gasteiger partial charge on any atom is -0.388 e. The molecule has 0 radical (unpaired) electrons. The molecule has 2 aromatic rings. The molecular formula is C26H37ClN4O2. The average molecular weight is 473 g/mol. The van der Waals surface area contributed by atoms with Gasteiger partial charge in [-0.25, -0.2) is 4.98 Å². The van der Waals surface area contributed by atoms with Gasteiger partial charge in [0, 0.05) is 18.5 Å². The summed E-state index contributed by atoms with van der Waals surface area (Å²) in [7, 11) is 0. The molecule has 2 fully saturated rings. The van der Waals surface area contributed by atoms with Crippen LogP contribution in [0.25, 0.3) is 10.9 Å². The van der Waals surface area contributed by atoms with Crippen LogP contribution in [0.4, 0.5) is 5.82 Å². The van der Waals surface area contributed by atoms with E-state index in [-0.39, 0.29) is 12.5 Å². The molecule has 1 aromatic carbocycles. The summed E-state index contributed by atoms with van der Waals surface area (Å²) < 4.78 is 0. The van der Waals surface area contributed by atoms with E-state index in [2.05, 4.69) is 37.9 Å². The summed E-state index contributed by atoms with van der Waals surface area (Å²) in [5.41, 5.74) is 6.53. The summed E-state index contributed by atoms with van der Waals surface area (Å²) in [6.45, 7) is 9.73. The third-order valence-corrected chi connectivity index (χ3v) is 8.07. The first-order valence-corrected chi connectivity index (χ1v) is 12.6. The van der Waals surface area contributed by atoms with Gasteiger partial charge in [0.1, 0.15) is 5.82 Å². The van der Waals surface area contributed by atoms with Gasteiger partial charge in [-0.05, 0) is 68.2 Å². The van der Waals surface area contributed by atoms with Gasteiger partial charge < -0.3 is 21.1 Å². The molecule has 0 bridgehead atoms. The van der Waals surface area contributed by atoms with Crippen LogP contribution >= 0.6 is 11.6 Å². The second-order valence-electron chi connectivity index (χ2n) is 10.8. The molecule has 4 N–H and O–H groups in total. The summed E-state index contributed by atoms with van der Waals surface area (Å²) in [5, 5.41) is 14.9. The number of hydrogen-bond donors (Lipinski definition) is 3. The van der Waals surface area contributed by atoms with Crippen molar-refractivity contribution in [1.29, 1.82) is 0 Å². The maximum absolute atomic E-state index is 13.1. The van der Waals surface area contributed by atoms with Crippen molar-refractivity contribution in [2.45, 2.75) is 71.1 Å². The number of carbonyl (C=O) groups excluding carboxylic acids is 1. The second-order valence-corrected chi connectivity index (χ2v) is 11.2.